The largest absolute Gasteiger partial charge is 0.337 e. The summed E-state index contributed by atoms with van der Waals surface area (Å²) in [6.45, 7) is 2.00. The minimum absolute atomic E-state index is 0.988. The average Bonchev–Trinajstić information content (AvgIpc) is 2.95. The molecule has 3 nitrogen and oxygen atoms in total. The second kappa shape index (κ2) is 5.82. The van der Waals surface area contributed by atoms with Gasteiger partial charge in [-0.1, -0.05) is 0 Å². The monoisotopic (exact) mass is 235 g/mol. The van der Waals surface area contributed by atoms with E-state index in [2.05, 4.69) is 37.9 Å². The Hall–Kier alpha value is -1.13. The molecule has 0 radical (unpaired) electrons. The van der Waals surface area contributed by atoms with E-state index in [9.17, 15) is 0 Å². The summed E-state index contributed by atoms with van der Waals surface area (Å²) in [5.41, 5.74) is 2.58. The van der Waals surface area contributed by atoms with Crippen LogP contribution in [0, 0.1) is 0 Å². The molecule has 0 saturated carbocycles. The van der Waals surface area contributed by atoms with Crippen LogP contribution in [0.4, 0.5) is 0 Å². The molecule has 0 atom stereocenters. The number of thiophene rings is 1. The predicted octanol–water partition coefficient (Wildman–Crippen LogP) is 1.95. The van der Waals surface area contributed by atoms with Crippen LogP contribution in [-0.2, 0) is 19.4 Å². The van der Waals surface area contributed by atoms with Crippen molar-refractivity contribution < 1.29 is 0 Å². The standard InChI is InChI=1S/C12H17N3S/c1-13-5-2-12-8-15(10-14-12)6-3-11-4-7-16-9-11/h4,7-10,13H,2-3,5-6H2,1H3. The Bertz CT molecular complexity index is 406. The van der Waals surface area contributed by atoms with Crippen LogP contribution in [0.15, 0.2) is 29.4 Å². The van der Waals surface area contributed by atoms with Gasteiger partial charge >= 0.3 is 0 Å². The molecule has 2 aromatic rings. The van der Waals surface area contributed by atoms with Crippen LogP contribution in [-0.4, -0.2) is 23.1 Å². The highest BCUT2D eigenvalue weighted by atomic mass is 32.1. The molecular weight excluding hydrogens is 218 g/mol. The average molecular weight is 235 g/mol. The van der Waals surface area contributed by atoms with Crippen molar-refractivity contribution in [2.45, 2.75) is 19.4 Å². The van der Waals surface area contributed by atoms with E-state index in [1.165, 1.54) is 11.3 Å². The highest BCUT2D eigenvalue weighted by Gasteiger charge is 1.99. The lowest BCUT2D eigenvalue weighted by atomic mass is 10.2. The van der Waals surface area contributed by atoms with Gasteiger partial charge in [-0.25, -0.2) is 4.98 Å². The molecule has 4 heteroatoms. The van der Waals surface area contributed by atoms with Gasteiger partial charge in [-0.05, 0) is 35.9 Å². The fourth-order valence-corrected chi connectivity index (χ4v) is 2.31. The zero-order chi connectivity index (χ0) is 11.2. The van der Waals surface area contributed by atoms with Gasteiger partial charge in [-0.2, -0.15) is 11.3 Å². The summed E-state index contributed by atoms with van der Waals surface area (Å²) in [6, 6.07) is 2.18. The summed E-state index contributed by atoms with van der Waals surface area (Å²) in [5, 5.41) is 7.47. The zero-order valence-electron chi connectivity index (χ0n) is 9.52. The van der Waals surface area contributed by atoms with Crippen LogP contribution in [0.25, 0.3) is 0 Å². The van der Waals surface area contributed by atoms with Crippen molar-refractivity contribution in [2.75, 3.05) is 13.6 Å². The smallest absolute Gasteiger partial charge is 0.0949 e. The highest BCUT2D eigenvalue weighted by Crippen LogP contribution is 2.08. The summed E-state index contributed by atoms with van der Waals surface area (Å²) >= 11 is 1.76. The van der Waals surface area contributed by atoms with Crippen LogP contribution in [0.3, 0.4) is 0 Å². The third kappa shape index (κ3) is 3.18. The Morgan fingerprint density at radius 3 is 3.12 bits per heavy atom. The maximum absolute atomic E-state index is 4.38. The van der Waals surface area contributed by atoms with Gasteiger partial charge in [0.1, 0.15) is 0 Å². The first-order valence-corrected chi connectivity index (χ1v) is 6.49. The lowest BCUT2D eigenvalue weighted by Crippen LogP contribution is -2.10. The highest BCUT2D eigenvalue weighted by molar-refractivity contribution is 7.07. The van der Waals surface area contributed by atoms with Crippen LogP contribution in [0.1, 0.15) is 11.3 Å². The van der Waals surface area contributed by atoms with Crippen molar-refractivity contribution in [1.29, 1.82) is 0 Å². The second-order valence-corrected chi connectivity index (χ2v) is 4.62. The molecular formula is C12H17N3S. The van der Waals surface area contributed by atoms with E-state index < -0.39 is 0 Å². The van der Waals surface area contributed by atoms with Crippen molar-refractivity contribution in [3.05, 3.63) is 40.6 Å². The summed E-state index contributed by atoms with van der Waals surface area (Å²) in [5.74, 6) is 0. The topological polar surface area (TPSA) is 29.9 Å². The summed E-state index contributed by atoms with van der Waals surface area (Å²) in [6.07, 6.45) is 6.16. The van der Waals surface area contributed by atoms with E-state index in [1.54, 1.807) is 11.3 Å². The lowest BCUT2D eigenvalue weighted by molar-refractivity contribution is 0.695. The van der Waals surface area contributed by atoms with Crippen molar-refractivity contribution in [2.24, 2.45) is 0 Å². The van der Waals surface area contributed by atoms with Crippen molar-refractivity contribution >= 4 is 11.3 Å². The van der Waals surface area contributed by atoms with Crippen LogP contribution in [0.5, 0.6) is 0 Å². The van der Waals surface area contributed by atoms with Gasteiger partial charge in [0.15, 0.2) is 0 Å². The molecule has 0 fully saturated rings. The van der Waals surface area contributed by atoms with Gasteiger partial charge in [0.25, 0.3) is 0 Å². The minimum atomic E-state index is 0.988. The third-order valence-electron chi connectivity index (χ3n) is 2.56. The molecule has 0 spiro atoms. The molecule has 0 aromatic carbocycles. The van der Waals surface area contributed by atoms with Gasteiger partial charge in [-0.3, -0.25) is 0 Å². The van der Waals surface area contributed by atoms with E-state index in [0.29, 0.717) is 0 Å². The molecule has 0 aliphatic heterocycles. The third-order valence-corrected chi connectivity index (χ3v) is 3.29. The SMILES string of the molecule is CNCCc1cn(CCc2ccsc2)cn1. The summed E-state index contributed by atoms with van der Waals surface area (Å²) in [7, 11) is 1.97. The number of hydrogen-bond donors (Lipinski definition) is 1. The number of hydrogen-bond acceptors (Lipinski definition) is 3. The molecule has 2 aromatic heterocycles. The summed E-state index contributed by atoms with van der Waals surface area (Å²) < 4.78 is 2.17. The van der Waals surface area contributed by atoms with Crippen molar-refractivity contribution in [3.8, 4) is 0 Å². The predicted molar refractivity (Wildman–Crippen MR) is 67.9 cm³/mol. The first kappa shape index (κ1) is 11.4. The van der Waals surface area contributed by atoms with E-state index in [-0.39, 0.29) is 0 Å². The normalized spacial score (nSPS) is 10.8. The van der Waals surface area contributed by atoms with Gasteiger partial charge in [0.05, 0.1) is 12.0 Å². The van der Waals surface area contributed by atoms with Crippen LogP contribution >= 0.6 is 11.3 Å². The van der Waals surface area contributed by atoms with Gasteiger partial charge in [-0.15, -0.1) is 0 Å². The quantitative estimate of drug-likeness (QED) is 0.829. The number of aromatic nitrogens is 2. The Morgan fingerprint density at radius 1 is 1.44 bits per heavy atom. The zero-order valence-corrected chi connectivity index (χ0v) is 10.3. The van der Waals surface area contributed by atoms with Gasteiger partial charge in [0, 0.05) is 25.7 Å². The van der Waals surface area contributed by atoms with E-state index in [1.807, 2.05) is 13.4 Å². The number of aryl methyl sites for hydroxylation is 2. The molecule has 16 heavy (non-hydrogen) atoms. The molecule has 0 saturated heterocycles. The Labute approximate surface area is 100 Å². The number of nitrogens with one attached hydrogen (secondary N) is 1. The van der Waals surface area contributed by atoms with Crippen LogP contribution in [0.2, 0.25) is 0 Å². The van der Waals surface area contributed by atoms with E-state index in [0.717, 1.165) is 25.9 Å². The van der Waals surface area contributed by atoms with Crippen LogP contribution < -0.4 is 5.32 Å². The Balaban J connectivity index is 1.83. The molecule has 0 aliphatic rings. The molecule has 0 unspecified atom stereocenters. The molecule has 1 N–H and O–H groups in total. The number of likely N-dealkylation sites (N-methyl/N-ethyl adjacent to an activating group) is 1. The number of nitrogens with zero attached hydrogens (tertiary/aromatic N) is 2. The lowest BCUT2D eigenvalue weighted by Gasteiger charge is -1.99. The first-order chi connectivity index (χ1) is 7.88. The first-order valence-electron chi connectivity index (χ1n) is 5.55. The van der Waals surface area contributed by atoms with Gasteiger partial charge in [0.2, 0.25) is 0 Å². The van der Waals surface area contributed by atoms with Crippen molar-refractivity contribution in [1.82, 2.24) is 14.9 Å². The van der Waals surface area contributed by atoms with E-state index in [4.69, 9.17) is 0 Å². The maximum Gasteiger partial charge on any atom is 0.0949 e. The molecule has 2 heterocycles. The second-order valence-electron chi connectivity index (χ2n) is 3.84. The van der Waals surface area contributed by atoms with Gasteiger partial charge < -0.3 is 9.88 Å². The maximum atomic E-state index is 4.38. The Kier molecular flexibility index (Phi) is 4.13. The number of imidazole rings is 1. The molecule has 2 rings (SSSR count). The minimum Gasteiger partial charge on any atom is -0.337 e. The number of rotatable bonds is 6. The summed E-state index contributed by atoms with van der Waals surface area (Å²) in [4.78, 5) is 4.38. The molecule has 86 valence electrons. The molecule has 0 bridgehead atoms. The van der Waals surface area contributed by atoms with E-state index >= 15 is 0 Å². The Morgan fingerprint density at radius 2 is 2.38 bits per heavy atom. The molecule has 0 amide bonds. The fraction of sp³-hybridized carbons (Fsp3) is 0.417. The molecule has 0 aliphatic carbocycles. The van der Waals surface area contributed by atoms with Crippen molar-refractivity contribution in [3.63, 3.8) is 0 Å². The fourth-order valence-electron chi connectivity index (χ4n) is 1.60.